The monoisotopic (exact) mass is 284 g/mol. The van der Waals surface area contributed by atoms with Gasteiger partial charge in [0.2, 0.25) is 5.91 Å². The van der Waals surface area contributed by atoms with Crippen LogP contribution in [-0.4, -0.2) is 46.1 Å². The van der Waals surface area contributed by atoms with Crippen LogP contribution in [0.4, 0.5) is 0 Å². The van der Waals surface area contributed by atoms with E-state index in [9.17, 15) is 14.7 Å². The Morgan fingerprint density at radius 3 is 2.00 bits per heavy atom. The summed E-state index contributed by atoms with van der Waals surface area (Å²) >= 11 is 0. The highest BCUT2D eigenvalue weighted by Gasteiger charge is 2.38. The number of hydrogen-bond donors (Lipinski definition) is 2. The molecule has 0 aromatic carbocycles. The van der Waals surface area contributed by atoms with E-state index in [0.717, 1.165) is 12.8 Å². The molecule has 0 bridgehead atoms. The van der Waals surface area contributed by atoms with Crippen molar-refractivity contribution < 1.29 is 14.7 Å². The zero-order valence-electron chi connectivity index (χ0n) is 13.4. The van der Waals surface area contributed by atoms with E-state index in [0.29, 0.717) is 12.1 Å². The maximum atomic E-state index is 12.4. The summed E-state index contributed by atoms with van der Waals surface area (Å²) in [5.74, 6) is -1.19. The molecule has 1 amide bonds. The second kappa shape index (κ2) is 6.12. The molecule has 0 aromatic rings. The van der Waals surface area contributed by atoms with Gasteiger partial charge in [0.1, 0.15) is 6.04 Å². The highest BCUT2D eigenvalue weighted by Crippen LogP contribution is 2.26. The van der Waals surface area contributed by atoms with Gasteiger partial charge in [-0.05, 0) is 39.0 Å². The number of carbonyl (C=O) groups excluding carboxylic acids is 1. The number of carbonyl (C=O) groups is 2. The molecule has 1 fully saturated rings. The van der Waals surface area contributed by atoms with Crippen molar-refractivity contribution in [1.82, 2.24) is 10.2 Å². The van der Waals surface area contributed by atoms with E-state index in [1.165, 1.54) is 0 Å². The number of carboxylic acid groups (broad SMARTS) is 1. The van der Waals surface area contributed by atoms with Crippen LogP contribution in [0.2, 0.25) is 0 Å². The van der Waals surface area contributed by atoms with E-state index in [1.807, 2.05) is 27.7 Å². The third-order valence-corrected chi connectivity index (χ3v) is 4.25. The normalized spacial score (nSPS) is 27.1. The average Bonchev–Trinajstić information content (AvgIpc) is 2.62. The molecule has 4 unspecified atom stereocenters. The molecule has 2 N–H and O–H groups in total. The molecule has 4 atom stereocenters. The summed E-state index contributed by atoms with van der Waals surface area (Å²) in [7, 11) is 0. The van der Waals surface area contributed by atoms with Crippen molar-refractivity contribution in [1.29, 1.82) is 0 Å². The van der Waals surface area contributed by atoms with Crippen LogP contribution in [0.1, 0.15) is 54.4 Å². The standard InChI is InChI=1S/C15H28N2O3/c1-9-7-8-10(2)17(9)11(3)13(18)16-12(14(19)20)15(4,5)6/h9-12H,7-8H2,1-6H3,(H,16,18)(H,19,20). The molecule has 5 nitrogen and oxygen atoms in total. The second-order valence-electron chi connectivity index (χ2n) is 7.04. The van der Waals surface area contributed by atoms with Crippen LogP contribution in [-0.2, 0) is 9.59 Å². The van der Waals surface area contributed by atoms with Crippen LogP contribution in [0, 0.1) is 5.41 Å². The van der Waals surface area contributed by atoms with E-state index in [1.54, 1.807) is 0 Å². The Balaban J connectivity index is 2.77. The number of rotatable bonds is 4. The number of hydrogen-bond acceptors (Lipinski definition) is 3. The maximum Gasteiger partial charge on any atom is 0.326 e. The number of nitrogens with zero attached hydrogens (tertiary/aromatic N) is 1. The molecular weight excluding hydrogens is 256 g/mol. The molecule has 1 aliphatic rings. The third kappa shape index (κ3) is 3.72. The summed E-state index contributed by atoms with van der Waals surface area (Å²) in [5.41, 5.74) is -0.510. The minimum Gasteiger partial charge on any atom is -0.480 e. The zero-order chi connectivity index (χ0) is 15.7. The Kier molecular flexibility index (Phi) is 5.19. The summed E-state index contributed by atoms with van der Waals surface area (Å²) in [4.78, 5) is 25.9. The molecule has 116 valence electrons. The van der Waals surface area contributed by atoms with Crippen LogP contribution < -0.4 is 5.32 Å². The van der Waals surface area contributed by atoms with E-state index in [2.05, 4.69) is 24.1 Å². The lowest BCUT2D eigenvalue weighted by Crippen LogP contribution is -2.56. The fourth-order valence-electron chi connectivity index (χ4n) is 3.03. The van der Waals surface area contributed by atoms with Crippen molar-refractivity contribution in [2.75, 3.05) is 0 Å². The summed E-state index contributed by atoms with van der Waals surface area (Å²) in [6, 6.07) is -0.440. The predicted molar refractivity (Wildman–Crippen MR) is 78.5 cm³/mol. The van der Waals surface area contributed by atoms with E-state index in [4.69, 9.17) is 0 Å². The van der Waals surface area contributed by atoms with Crippen LogP contribution in [0.25, 0.3) is 0 Å². The SMILES string of the molecule is CC1CCC(C)N1C(C)C(=O)NC(C(=O)O)C(C)(C)C. The Bertz CT molecular complexity index is 366. The van der Waals surface area contributed by atoms with Gasteiger partial charge in [-0.3, -0.25) is 9.69 Å². The molecule has 0 aliphatic carbocycles. The number of nitrogens with one attached hydrogen (secondary N) is 1. The molecule has 0 spiro atoms. The van der Waals surface area contributed by atoms with Crippen LogP contribution in [0.15, 0.2) is 0 Å². The van der Waals surface area contributed by atoms with Gasteiger partial charge in [0, 0.05) is 12.1 Å². The highest BCUT2D eigenvalue weighted by atomic mass is 16.4. The number of aliphatic carboxylic acids is 1. The molecular formula is C15H28N2O3. The van der Waals surface area contributed by atoms with Crippen LogP contribution in [0.5, 0.6) is 0 Å². The van der Waals surface area contributed by atoms with Crippen molar-refractivity contribution in [2.24, 2.45) is 5.41 Å². The quantitative estimate of drug-likeness (QED) is 0.827. The van der Waals surface area contributed by atoms with Crippen molar-refractivity contribution in [2.45, 2.75) is 78.6 Å². The van der Waals surface area contributed by atoms with Gasteiger partial charge in [-0.25, -0.2) is 4.79 Å². The first-order valence-corrected chi connectivity index (χ1v) is 7.36. The Morgan fingerprint density at radius 2 is 1.65 bits per heavy atom. The van der Waals surface area contributed by atoms with Gasteiger partial charge in [0.15, 0.2) is 0 Å². The molecule has 0 radical (unpaired) electrons. The van der Waals surface area contributed by atoms with Gasteiger partial charge < -0.3 is 10.4 Å². The summed E-state index contributed by atoms with van der Waals surface area (Å²) in [6.07, 6.45) is 2.17. The van der Waals surface area contributed by atoms with Crippen molar-refractivity contribution in [3.8, 4) is 0 Å². The molecule has 1 heterocycles. The first-order valence-electron chi connectivity index (χ1n) is 7.36. The van der Waals surface area contributed by atoms with Gasteiger partial charge in [-0.1, -0.05) is 20.8 Å². The summed E-state index contributed by atoms with van der Waals surface area (Å²) in [6.45, 7) is 11.5. The number of likely N-dealkylation sites (tertiary alicyclic amines) is 1. The molecule has 0 saturated carbocycles. The fourth-order valence-corrected chi connectivity index (χ4v) is 3.03. The number of carboxylic acids is 1. The van der Waals surface area contributed by atoms with Gasteiger partial charge in [0.05, 0.1) is 6.04 Å². The van der Waals surface area contributed by atoms with Gasteiger partial charge in [-0.2, -0.15) is 0 Å². The largest absolute Gasteiger partial charge is 0.480 e. The molecule has 0 aromatic heterocycles. The molecule has 20 heavy (non-hydrogen) atoms. The lowest BCUT2D eigenvalue weighted by Gasteiger charge is -2.34. The van der Waals surface area contributed by atoms with Gasteiger partial charge >= 0.3 is 5.97 Å². The van der Waals surface area contributed by atoms with E-state index in [-0.39, 0.29) is 11.9 Å². The Labute approximate surface area is 121 Å². The fraction of sp³-hybridized carbons (Fsp3) is 0.867. The van der Waals surface area contributed by atoms with E-state index >= 15 is 0 Å². The summed E-state index contributed by atoms with van der Waals surface area (Å²) in [5, 5.41) is 12.0. The molecule has 1 aliphatic heterocycles. The second-order valence-corrected chi connectivity index (χ2v) is 7.04. The Hall–Kier alpha value is -1.10. The first kappa shape index (κ1) is 17.0. The molecule has 1 rings (SSSR count). The predicted octanol–water partition coefficient (Wildman–Crippen LogP) is 1.86. The van der Waals surface area contributed by atoms with Gasteiger partial charge in [-0.15, -0.1) is 0 Å². The Morgan fingerprint density at radius 1 is 1.20 bits per heavy atom. The minimum atomic E-state index is -0.986. The van der Waals surface area contributed by atoms with Gasteiger partial charge in [0.25, 0.3) is 0 Å². The summed E-state index contributed by atoms with van der Waals surface area (Å²) < 4.78 is 0. The van der Waals surface area contributed by atoms with E-state index < -0.39 is 17.4 Å². The zero-order valence-corrected chi connectivity index (χ0v) is 13.4. The first-order chi connectivity index (χ1) is 9.05. The number of amides is 1. The lowest BCUT2D eigenvalue weighted by atomic mass is 9.86. The maximum absolute atomic E-state index is 12.4. The highest BCUT2D eigenvalue weighted by molar-refractivity contribution is 5.87. The van der Waals surface area contributed by atoms with Crippen LogP contribution >= 0.6 is 0 Å². The van der Waals surface area contributed by atoms with Crippen molar-refractivity contribution in [3.63, 3.8) is 0 Å². The third-order valence-electron chi connectivity index (χ3n) is 4.25. The lowest BCUT2D eigenvalue weighted by molar-refractivity contribution is -0.146. The minimum absolute atomic E-state index is 0.201. The van der Waals surface area contributed by atoms with Crippen molar-refractivity contribution in [3.05, 3.63) is 0 Å². The topological polar surface area (TPSA) is 69.6 Å². The average molecular weight is 284 g/mol. The molecule has 5 heteroatoms. The molecule has 1 saturated heterocycles. The smallest absolute Gasteiger partial charge is 0.326 e. The van der Waals surface area contributed by atoms with Crippen molar-refractivity contribution >= 4 is 11.9 Å². The van der Waals surface area contributed by atoms with Crippen LogP contribution in [0.3, 0.4) is 0 Å².